The molecule has 0 saturated carbocycles. The number of fused-ring (bicyclic) bond motifs is 1. The number of hydrogen-bond acceptors (Lipinski definition) is 5. The Bertz CT molecular complexity index is 973. The summed E-state index contributed by atoms with van der Waals surface area (Å²) in [5, 5.41) is 19.3. The van der Waals surface area contributed by atoms with Crippen LogP contribution in [0.15, 0.2) is 54.9 Å². The van der Waals surface area contributed by atoms with Gasteiger partial charge in [0.2, 0.25) is 0 Å². The van der Waals surface area contributed by atoms with Gasteiger partial charge in [0.25, 0.3) is 5.91 Å². The van der Waals surface area contributed by atoms with Crippen LogP contribution in [0, 0.1) is 0 Å². The van der Waals surface area contributed by atoms with Crippen LogP contribution < -0.4 is 0 Å². The smallest absolute Gasteiger partial charge is 0.272 e. The number of phenolic OH excluding ortho intramolecular Hbond substituents is 2. The molecule has 0 fully saturated rings. The zero-order valence-electron chi connectivity index (χ0n) is 14.0. The molecule has 1 aliphatic heterocycles. The van der Waals surface area contributed by atoms with Gasteiger partial charge in [-0.1, -0.05) is 30.3 Å². The summed E-state index contributed by atoms with van der Waals surface area (Å²) in [7, 11) is 0. The van der Waals surface area contributed by atoms with Crippen molar-refractivity contribution in [3.63, 3.8) is 0 Å². The van der Waals surface area contributed by atoms with Gasteiger partial charge in [-0.15, -0.1) is 0 Å². The highest BCUT2D eigenvalue weighted by molar-refractivity contribution is 5.93. The van der Waals surface area contributed by atoms with Gasteiger partial charge in [0, 0.05) is 18.7 Å². The minimum Gasteiger partial charge on any atom is -0.504 e. The molecule has 0 saturated heterocycles. The fourth-order valence-electron chi connectivity index (χ4n) is 3.16. The van der Waals surface area contributed by atoms with Gasteiger partial charge in [-0.05, 0) is 35.7 Å². The van der Waals surface area contributed by atoms with Crippen LogP contribution in [-0.2, 0) is 13.0 Å². The van der Waals surface area contributed by atoms with E-state index in [2.05, 4.69) is 9.97 Å². The molecule has 4 rings (SSSR count). The highest BCUT2D eigenvalue weighted by Gasteiger charge is 2.24. The Hall–Kier alpha value is -3.41. The standard InChI is InChI=1S/C20H17N3O3/c24-18-8-14-6-7-23(11-15(14)9-19(18)25)20(26)17-10-16(21-12-22-17)13-4-2-1-3-5-13/h1-5,8-10,12,24-25H,6-7,11H2. The fourth-order valence-corrected chi connectivity index (χ4v) is 3.16. The van der Waals surface area contributed by atoms with Gasteiger partial charge < -0.3 is 15.1 Å². The Morgan fingerprint density at radius 2 is 1.69 bits per heavy atom. The summed E-state index contributed by atoms with van der Waals surface area (Å²) in [6.07, 6.45) is 2.02. The van der Waals surface area contributed by atoms with E-state index in [4.69, 9.17) is 0 Å². The number of carbonyl (C=O) groups is 1. The molecule has 0 atom stereocenters. The number of aromatic hydroxyl groups is 2. The monoisotopic (exact) mass is 347 g/mol. The zero-order valence-corrected chi connectivity index (χ0v) is 14.0. The van der Waals surface area contributed by atoms with Gasteiger partial charge in [0.15, 0.2) is 11.5 Å². The van der Waals surface area contributed by atoms with Gasteiger partial charge in [-0.25, -0.2) is 9.97 Å². The third-order valence-corrected chi connectivity index (χ3v) is 4.55. The van der Waals surface area contributed by atoms with Gasteiger partial charge in [-0.2, -0.15) is 0 Å². The van der Waals surface area contributed by atoms with Crippen molar-refractivity contribution in [2.45, 2.75) is 13.0 Å². The first-order valence-electron chi connectivity index (χ1n) is 8.32. The van der Waals surface area contributed by atoms with Crippen LogP contribution in [0.2, 0.25) is 0 Å². The third kappa shape index (κ3) is 2.97. The largest absolute Gasteiger partial charge is 0.504 e. The lowest BCUT2D eigenvalue weighted by molar-refractivity contribution is 0.0728. The van der Waals surface area contributed by atoms with Crippen molar-refractivity contribution in [3.05, 3.63) is 71.7 Å². The number of rotatable bonds is 2. The molecule has 26 heavy (non-hydrogen) atoms. The molecule has 2 aromatic carbocycles. The molecule has 0 unspecified atom stereocenters. The van der Waals surface area contributed by atoms with E-state index in [9.17, 15) is 15.0 Å². The van der Waals surface area contributed by atoms with Crippen molar-refractivity contribution in [3.8, 4) is 22.8 Å². The first-order chi connectivity index (χ1) is 12.6. The van der Waals surface area contributed by atoms with Crippen molar-refractivity contribution in [2.24, 2.45) is 0 Å². The van der Waals surface area contributed by atoms with E-state index in [1.807, 2.05) is 30.3 Å². The Morgan fingerprint density at radius 3 is 2.46 bits per heavy atom. The summed E-state index contributed by atoms with van der Waals surface area (Å²) in [5.41, 5.74) is 3.73. The molecule has 0 spiro atoms. The molecule has 1 aliphatic rings. The summed E-state index contributed by atoms with van der Waals surface area (Å²) in [6.45, 7) is 0.896. The second-order valence-electron chi connectivity index (χ2n) is 6.24. The van der Waals surface area contributed by atoms with E-state index in [1.54, 1.807) is 17.0 Å². The summed E-state index contributed by atoms with van der Waals surface area (Å²) in [5.74, 6) is -0.485. The van der Waals surface area contributed by atoms with Crippen molar-refractivity contribution in [1.29, 1.82) is 0 Å². The van der Waals surface area contributed by atoms with Crippen molar-refractivity contribution in [1.82, 2.24) is 14.9 Å². The summed E-state index contributed by atoms with van der Waals surface area (Å²) in [4.78, 5) is 22.9. The molecule has 0 radical (unpaired) electrons. The fraction of sp³-hybridized carbons (Fsp3) is 0.150. The Labute approximate surface area is 150 Å². The van der Waals surface area contributed by atoms with Crippen molar-refractivity contribution < 1.29 is 15.0 Å². The maximum absolute atomic E-state index is 12.9. The molecular weight excluding hydrogens is 330 g/mol. The van der Waals surface area contributed by atoms with Crippen molar-refractivity contribution in [2.75, 3.05) is 6.54 Å². The van der Waals surface area contributed by atoms with E-state index < -0.39 is 0 Å². The predicted octanol–water partition coefficient (Wildman–Crippen LogP) is 2.75. The van der Waals surface area contributed by atoms with E-state index >= 15 is 0 Å². The summed E-state index contributed by atoms with van der Waals surface area (Å²) in [6, 6.07) is 14.4. The lowest BCUT2D eigenvalue weighted by Crippen LogP contribution is -2.36. The highest BCUT2D eigenvalue weighted by atomic mass is 16.3. The molecule has 6 nitrogen and oxygen atoms in total. The Balaban J connectivity index is 1.60. The molecule has 6 heteroatoms. The lowest BCUT2D eigenvalue weighted by atomic mass is 9.98. The highest BCUT2D eigenvalue weighted by Crippen LogP contribution is 2.31. The molecule has 2 N–H and O–H groups in total. The van der Waals surface area contributed by atoms with Crippen LogP contribution in [0.25, 0.3) is 11.3 Å². The van der Waals surface area contributed by atoms with Crippen LogP contribution in [0.5, 0.6) is 11.5 Å². The number of phenols is 2. The van der Waals surface area contributed by atoms with Gasteiger partial charge in [-0.3, -0.25) is 4.79 Å². The minimum absolute atomic E-state index is 0.133. The Morgan fingerprint density at radius 1 is 0.962 bits per heavy atom. The zero-order chi connectivity index (χ0) is 18.1. The molecule has 1 amide bonds. The number of benzene rings is 2. The molecule has 0 aliphatic carbocycles. The predicted molar refractivity (Wildman–Crippen MR) is 95.7 cm³/mol. The summed E-state index contributed by atoms with van der Waals surface area (Å²) < 4.78 is 0. The van der Waals surface area contributed by atoms with Crippen molar-refractivity contribution >= 4 is 5.91 Å². The maximum Gasteiger partial charge on any atom is 0.272 e. The minimum atomic E-state index is -0.178. The topological polar surface area (TPSA) is 86.6 Å². The van der Waals surface area contributed by atoms with Crippen LogP contribution in [-0.4, -0.2) is 37.5 Å². The number of amides is 1. The number of hydrogen-bond donors (Lipinski definition) is 2. The average molecular weight is 347 g/mol. The Kier molecular flexibility index (Phi) is 4.01. The molecule has 3 aromatic rings. The van der Waals surface area contributed by atoms with E-state index in [-0.39, 0.29) is 17.4 Å². The molecular formula is C20H17N3O3. The van der Waals surface area contributed by atoms with E-state index in [0.29, 0.717) is 30.9 Å². The normalized spacial score (nSPS) is 13.3. The third-order valence-electron chi connectivity index (χ3n) is 4.55. The maximum atomic E-state index is 12.9. The van der Waals surface area contributed by atoms with Gasteiger partial charge in [0.1, 0.15) is 12.0 Å². The van der Waals surface area contributed by atoms with Crippen LogP contribution in [0.3, 0.4) is 0 Å². The first-order valence-corrected chi connectivity index (χ1v) is 8.32. The van der Waals surface area contributed by atoms with E-state index in [0.717, 1.165) is 16.7 Å². The second-order valence-corrected chi connectivity index (χ2v) is 6.24. The van der Waals surface area contributed by atoms with Gasteiger partial charge >= 0.3 is 0 Å². The SMILES string of the molecule is O=C(c1cc(-c2ccccc2)ncn1)N1CCc2cc(O)c(O)cc2C1. The number of aromatic nitrogens is 2. The molecule has 130 valence electrons. The number of carbonyl (C=O) groups excluding carboxylic acids is 1. The van der Waals surface area contributed by atoms with Crippen LogP contribution in [0.4, 0.5) is 0 Å². The van der Waals surface area contributed by atoms with Crippen LogP contribution in [0.1, 0.15) is 21.6 Å². The second kappa shape index (κ2) is 6.48. The quantitative estimate of drug-likeness (QED) is 0.696. The average Bonchev–Trinajstić information content (AvgIpc) is 2.69. The van der Waals surface area contributed by atoms with E-state index in [1.165, 1.54) is 12.4 Å². The lowest BCUT2D eigenvalue weighted by Gasteiger charge is -2.29. The summed E-state index contributed by atoms with van der Waals surface area (Å²) >= 11 is 0. The molecule has 0 bridgehead atoms. The number of nitrogens with zero attached hydrogens (tertiary/aromatic N) is 3. The molecule has 2 heterocycles. The van der Waals surface area contributed by atoms with Gasteiger partial charge in [0.05, 0.1) is 5.69 Å². The molecule has 1 aromatic heterocycles. The first kappa shape index (κ1) is 16.1. The van der Waals surface area contributed by atoms with Crippen LogP contribution >= 0.6 is 0 Å².